The van der Waals surface area contributed by atoms with E-state index in [0.717, 1.165) is 0 Å². The van der Waals surface area contributed by atoms with Crippen LogP contribution in [0.25, 0.3) is 0 Å². The number of rotatable bonds is 1. The Morgan fingerprint density at radius 3 is 1.86 bits per heavy atom. The zero-order valence-corrected chi connectivity index (χ0v) is 3.42. The second-order valence-electron chi connectivity index (χ2n) is 0.790. The van der Waals surface area contributed by atoms with Gasteiger partial charge in [-0.3, -0.25) is 0 Å². The number of nitrogens with one attached hydrogen (secondary N) is 1. The van der Waals surface area contributed by atoms with Crippen molar-refractivity contribution >= 4 is 0 Å². The van der Waals surface area contributed by atoms with Crippen molar-refractivity contribution in [3.8, 4) is 12.1 Å². The first-order valence-corrected chi connectivity index (χ1v) is 1.51. The van der Waals surface area contributed by atoms with Crippen molar-refractivity contribution in [2.24, 2.45) is 5.11 Å². The molecule has 0 rings (SSSR count). The van der Waals surface area contributed by atoms with Gasteiger partial charge in [0.05, 0.1) is 0 Å². The van der Waals surface area contributed by atoms with Crippen LogP contribution in [0, 0.1) is 28.2 Å². The van der Waals surface area contributed by atoms with Crippen LogP contribution in [0.2, 0.25) is 0 Å². The van der Waals surface area contributed by atoms with Crippen molar-refractivity contribution in [1.82, 2.24) is 0 Å². The molecular formula is C3H2N4. The van der Waals surface area contributed by atoms with Crippen LogP contribution in [0.5, 0.6) is 0 Å². The van der Waals surface area contributed by atoms with E-state index in [2.05, 4.69) is 5.11 Å². The second kappa shape index (κ2) is 2.80. The van der Waals surface area contributed by atoms with Gasteiger partial charge >= 0.3 is 0 Å². The van der Waals surface area contributed by atoms with Gasteiger partial charge in [-0.2, -0.15) is 15.6 Å². The van der Waals surface area contributed by atoms with Gasteiger partial charge < -0.3 is 0 Å². The molecule has 0 atom stereocenters. The fourth-order valence-electron chi connectivity index (χ4n) is 0.0866. The van der Waals surface area contributed by atoms with E-state index in [4.69, 9.17) is 16.1 Å². The third kappa shape index (κ3) is 1.45. The van der Waals surface area contributed by atoms with Crippen molar-refractivity contribution in [3.05, 3.63) is 0 Å². The van der Waals surface area contributed by atoms with Gasteiger partial charge in [0.15, 0.2) is 0 Å². The minimum Gasteiger partial charge on any atom is -0.207 e. The Morgan fingerprint density at radius 1 is 1.43 bits per heavy atom. The smallest absolute Gasteiger partial charge is 0.207 e. The highest BCUT2D eigenvalue weighted by molar-refractivity contribution is 5.04. The van der Waals surface area contributed by atoms with Crippen LogP contribution in [-0.4, -0.2) is 6.04 Å². The monoisotopic (exact) mass is 94.0 g/mol. The summed E-state index contributed by atoms with van der Waals surface area (Å²) in [6.07, 6.45) is 0. The standard InChI is InChI=1S/C3H2N4/c4-1-3(2-5)7-6/h3,6H. The average molecular weight is 94.1 g/mol. The number of nitrogens with zero attached hydrogens (tertiary/aromatic N) is 3. The first-order chi connectivity index (χ1) is 3.35. The van der Waals surface area contributed by atoms with E-state index < -0.39 is 6.04 Å². The molecule has 0 bridgehead atoms. The van der Waals surface area contributed by atoms with Crippen LogP contribution in [-0.2, 0) is 0 Å². The molecule has 0 aromatic heterocycles. The maximum Gasteiger partial charge on any atom is 0.241 e. The zero-order chi connectivity index (χ0) is 5.70. The molecule has 0 aliphatic carbocycles. The van der Waals surface area contributed by atoms with Gasteiger partial charge in [-0.05, 0) is 0 Å². The van der Waals surface area contributed by atoms with E-state index in [0.29, 0.717) is 0 Å². The highest BCUT2D eigenvalue weighted by Crippen LogP contribution is 1.80. The number of hydrogen-bond acceptors (Lipinski definition) is 4. The Kier molecular flexibility index (Phi) is 2.23. The van der Waals surface area contributed by atoms with Crippen molar-refractivity contribution in [1.29, 1.82) is 16.1 Å². The van der Waals surface area contributed by atoms with Gasteiger partial charge in [0, 0.05) is 0 Å². The molecular weight excluding hydrogens is 92.1 g/mol. The van der Waals surface area contributed by atoms with Crippen LogP contribution in [0.1, 0.15) is 0 Å². The van der Waals surface area contributed by atoms with Crippen molar-refractivity contribution in [2.75, 3.05) is 0 Å². The largest absolute Gasteiger partial charge is 0.241 e. The van der Waals surface area contributed by atoms with E-state index in [-0.39, 0.29) is 0 Å². The predicted octanol–water partition coefficient (Wildman–Crippen LogP) is 0.433. The summed E-state index contributed by atoms with van der Waals surface area (Å²) in [5.41, 5.74) is 6.14. The van der Waals surface area contributed by atoms with Crippen molar-refractivity contribution < 1.29 is 0 Å². The lowest BCUT2D eigenvalue weighted by Crippen LogP contribution is -1.90. The van der Waals surface area contributed by atoms with Crippen LogP contribution >= 0.6 is 0 Å². The molecule has 4 nitrogen and oxygen atoms in total. The Hall–Kier alpha value is -1.42. The summed E-state index contributed by atoms with van der Waals surface area (Å²) in [5.74, 6) is 0. The molecule has 0 heterocycles. The van der Waals surface area contributed by atoms with Crippen LogP contribution in [0.4, 0.5) is 0 Å². The van der Waals surface area contributed by atoms with E-state index in [1.165, 1.54) is 12.1 Å². The van der Waals surface area contributed by atoms with Crippen LogP contribution in [0.15, 0.2) is 5.11 Å². The van der Waals surface area contributed by atoms with Gasteiger partial charge in [0.1, 0.15) is 12.1 Å². The summed E-state index contributed by atoms with van der Waals surface area (Å²) in [6.45, 7) is 0. The topological polar surface area (TPSA) is 83.8 Å². The molecule has 0 amide bonds. The molecule has 0 unspecified atom stereocenters. The normalized spacial score (nSPS) is 6.71. The second-order valence-corrected chi connectivity index (χ2v) is 0.790. The summed E-state index contributed by atoms with van der Waals surface area (Å²) in [4.78, 5) is 0. The summed E-state index contributed by atoms with van der Waals surface area (Å²) in [7, 11) is 0. The van der Waals surface area contributed by atoms with Gasteiger partial charge in [-0.15, -0.1) is 0 Å². The SMILES string of the molecule is N#CC(C#N)N=N. The van der Waals surface area contributed by atoms with E-state index in [1.807, 2.05) is 0 Å². The van der Waals surface area contributed by atoms with Crippen molar-refractivity contribution in [3.63, 3.8) is 0 Å². The summed E-state index contributed by atoms with van der Waals surface area (Å²) < 4.78 is 0. The van der Waals surface area contributed by atoms with Crippen molar-refractivity contribution in [2.45, 2.75) is 6.04 Å². The molecule has 7 heavy (non-hydrogen) atoms. The summed E-state index contributed by atoms with van der Waals surface area (Å²) in [6, 6.07) is 1.86. The fraction of sp³-hybridized carbons (Fsp3) is 0.333. The van der Waals surface area contributed by atoms with E-state index in [9.17, 15) is 0 Å². The fourth-order valence-corrected chi connectivity index (χ4v) is 0.0866. The average Bonchev–Trinajstić information content (AvgIpc) is 1.72. The molecule has 34 valence electrons. The maximum absolute atomic E-state index is 7.84. The van der Waals surface area contributed by atoms with Gasteiger partial charge in [0.25, 0.3) is 0 Å². The predicted molar refractivity (Wildman–Crippen MR) is 20.2 cm³/mol. The lowest BCUT2D eigenvalue weighted by molar-refractivity contribution is 0.900. The van der Waals surface area contributed by atoms with Crippen LogP contribution in [0.3, 0.4) is 0 Å². The first-order valence-electron chi connectivity index (χ1n) is 1.51. The number of nitriles is 2. The number of hydrogen-bond donors (Lipinski definition) is 1. The Balaban J connectivity index is 3.73. The summed E-state index contributed by atoms with van der Waals surface area (Å²) >= 11 is 0. The first kappa shape index (κ1) is 5.58. The Morgan fingerprint density at radius 2 is 1.86 bits per heavy atom. The lowest BCUT2D eigenvalue weighted by Gasteiger charge is -1.76. The highest BCUT2D eigenvalue weighted by atomic mass is 15.0. The molecule has 0 aromatic carbocycles. The molecule has 0 radical (unpaired) electrons. The molecule has 0 fully saturated rings. The van der Waals surface area contributed by atoms with Gasteiger partial charge in [0.2, 0.25) is 6.04 Å². The summed E-state index contributed by atoms with van der Waals surface area (Å²) in [5, 5.41) is 18.3. The maximum atomic E-state index is 7.84. The molecule has 0 aliphatic rings. The van der Waals surface area contributed by atoms with E-state index in [1.54, 1.807) is 0 Å². The molecule has 4 heteroatoms. The molecule has 0 aliphatic heterocycles. The zero-order valence-electron chi connectivity index (χ0n) is 3.42. The molecule has 0 saturated heterocycles. The minimum atomic E-state index is -1.11. The van der Waals surface area contributed by atoms with Crippen LogP contribution < -0.4 is 0 Å². The van der Waals surface area contributed by atoms with Gasteiger partial charge in [-0.25, -0.2) is 5.53 Å². The Labute approximate surface area is 40.5 Å². The van der Waals surface area contributed by atoms with E-state index >= 15 is 0 Å². The highest BCUT2D eigenvalue weighted by Gasteiger charge is 1.96. The molecule has 1 N–H and O–H groups in total. The minimum absolute atomic E-state index is 1.11. The quantitative estimate of drug-likeness (QED) is 0.478. The molecule has 0 aromatic rings. The molecule has 0 saturated carbocycles. The van der Waals surface area contributed by atoms with Gasteiger partial charge in [-0.1, -0.05) is 0 Å². The lowest BCUT2D eigenvalue weighted by atomic mass is 10.4. The third-order valence-electron chi connectivity index (χ3n) is 0.374. The third-order valence-corrected chi connectivity index (χ3v) is 0.374. The molecule has 0 spiro atoms. The Bertz CT molecular complexity index is 122.